The molecule has 0 saturated carbocycles. The Hall–Kier alpha value is -1.43. The molecule has 0 amide bonds. The lowest BCUT2D eigenvalue weighted by Gasteiger charge is -2.07. The van der Waals surface area contributed by atoms with E-state index in [1.165, 1.54) is 0 Å². The lowest BCUT2D eigenvalue weighted by Crippen LogP contribution is -2.18. The molecule has 0 aliphatic rings. The molecular formula is C10H18N4O2. The highest BCUT2D eigenvalue weighted by Gasteiger charge is 1.99. The number of aromatic amines is 1. The van der Waals surface area contributed by atoms with Crippen molar-refractivity contribution in [1.82, 2.24) is 15.2 Å². The Morgan fingerprint density at radius 1 is 1.44 bits per heavy atom. The predicted octanol–water partition coefficient (Wildman–Crippen LogP) is 0.700. The molecule has 1 aromatic heterocycles. The summed E-state index contributed by atoms with van der Waals surface area (Å²) in [6.45, 7) is 6.99. The molecule has 0 bridgehead atoms. The second-order valence-corrected chi connectivity index (χ2v) is 3.79. The summed E-state index contributed by atoms with van der Waals surface area (Å²) < 4.78 is 5.37. The second-order valence-electron chi connectivity index (χ2n) is 3.79. The topological polar surface area (TPSA) is 79.9 Å². The van der Waals surface area contributed by atoms with Crippen LogP contribution in [0.1, 0.15) is 26.0 Å². The zero-order chi connectivity index (χ0) is 12.0. The highest BCUT2D eigenvalue weighted by Crippen LogP contribution is 1.93. The third kappa shape index (κ3) is 4.39. The minimum absolute atomic E-state index is 0.212. The van der Waals surface area contributed by atoms with Crippen LogP contribution in [0.15, 0.2) is 4.79 Å². The number of H-pyrrole nitrogens is 1. The van der Waals surface area contributed by atoms with Gasteiger partial charge in [0.15, 0.2) is 0 Å². The van der Waals surface area contributed by atoms with E-state index in [2.05, 4.69) is 20.5 Å². The average molecular weight is 226 g/mol. The van der Waals surface area contributed by atoms with Gasteiger partial charge in [0.1, 0.15) is 5.69 Å². The van der Waals surface area contributed by atoms with Gasteiger partial charge in [-0.1, -0.05) is 0 Å². The average Bonchev–Trinajstić information content (AvgIpc) is 2.22. The van der Waals surface area contributed by atoms with Gasteiger partial charge in [-0.05, 0) is 27.2 Å². The Bertz CT molecular complexity index is 375. The van der Waals surface area contributed by atoms with Crippen LogP contribution in [0.25, 0.3) is 0 Å². The first kappa shape index (κ1) is 12.6. The largest absolute Gasteiger partial charge is 0.379 e. The number of hydrogen-bond acceptors (Lipinski definition) is 5. The molecule has 0 unspecified atom stereocenters. The van der Waals surface area contributed by atoms with Crippen molar-refractivity contribution in [1.29, 1.82) is 0 Å². The van der Waals surface area contributed by atoms with E-state index in [4.69, 9.17) is 4.74 Å². The second kappa shape index (κ2) is 6.22. The molecule has 1 rings (SSSR count). The first-order valence-electron chi connectivity index (χ1n) is 5.38. The summed E-state index contributed by atoms with van der Waals surface area (Å²) in [6.07, 6.45) is 1.11. The summed E-state index contributed by atoms with van der Waals surface area (Å²) in [5.41, 5.74) is 0.157. The first-order valence-corrected chi connectivity index (χ1v) is 5.38. The van der Waals surface area contributed by atoms with Crippen LogP contribution in [0.5, 0.6) is 0 Å². The van der Waals surface area contributed by atoms with Gasteiger partial charge in [-0.15, -0.1) is 10.2 Å². The molecule has 0 spiro atoms. The number of aromatic nitrogens is 3. The number of aryl methyl sites for hydroxylation is 1. The van der Waals surface area contributed by atoms with Crippen molar-refractivity contribution in [3.63, 3.8) is 0 Å². The molecule has 6 heteroatoms. The van der Waals surface area contributed by atoms with Crippen LogP contribution in [0.4, 0.5) is 5.95 Å². The molecule has 0 radical (unpaired) electrons. The third-order valence-electron chi connectivity index (χ3n) is 1.93. The smallest absolute Gasteiger partial charge is 0.273 e. The Balaban J connectivity index is 2.27. The van der Waals surface area contributed by atoms with Gasteiger partial charge < -0.3 is 10.1 Å². The van der Waals surface area contributed by atoms with Crippen molar-refractivity contribution in [3.05, 3.63) is 16.0 Å². The molecule has 0 aromatic carbocycles. The fourth-order valence-electron chi connectivity index (χ4n) is 1.07. The van der Waals surface area contributed by atoms with E-state index in [0.29, 0.717) is 24.8 Å². The molecule has 90 valence electrons. The van der Waals surface area contributed by atoms with Gasteiger partial charge in [0, 0.05) is 13.2 Å². The van der Waals surface area contributed by atoms with Crippen molar-refractivity contribution in [3.8, 4) is 0 Å². The number of ether oxygens (including phenoxy) is 1. The van der Waals surface area contributed by atoms with Crippen LogP contribution >= 0.6 is 0 Å². The molecule has 16 heavy (non-hydrogen) atoms. The van der Waals surface area contributed by atoms with Crippen LogP contribution in [-0.4, -0.2) is 34.4 Å². The fourth-order valence-corrected chi connectivity index (χ4v) is 1.07. The van der Waals surface area contributed by atoms with Gasteiger partial charge in [-0.3, -0.25) is 9.78 Å². The normalized spacial score (nSPS) is 10.8. The maximum Gasteiger partial charge on any atom is 0.273 e. The number of anilines is 1. The van der Waals surface area contributed by atoms with Gasteiger partial charge in [-0.25, -0.2) is 0 Å². The Morgan fingerprint density at radius 3 is 2.81 bits per heavy atom. The van der Waals surface area contributed by atoms with Gasteiger partial charge >= 0.3 is 0 Å². The van der Waals surface area contributed by atoms with Gasteiger partial charge in [0.25, 0.3) is 5.56 Å². The van der Waals surface area contributed by atoms with E-state index in [9.17, 15) is 4.79 Å². The summed E-state index contributed by atoms with van der Waals surface area (Å²) in [5.74, 6) is 0.403. The van der Waals surface area contributed by atoms with E-state index in [1.807, 2.05) is 13.8 Å². The highest BCUT2D eigenvalue weighted by atomic mass is 16.5. The molecule has 0 aliphatic carbocycles. The maximum absolute atomic E-state index is 11.2. The Morgan fingerprint density at radius 2 is 2.19 bits per heavy atom. The lowest BCUT2D eigenvalue weighted by atomic mass is 10.4. The summed E-state index contributed by atoms with van der Waals surface area (Å²) in [4.78, 5) is 13.8. The van der Waals surface area contributed by atoms with Crippen LogP contribution in [0, 0.1) is 6.92 Å². The molecule has 2 N–H and O–H groups in total. The standard InChI is InChI=1S/C10H18N4O2/c1-7(2)16-6-4-5-11-10-12-9(15)8(3)13-14-10/h7H,4-6H2,1-3H3,(H2,11,12,14,15). The molecule has 0 saturated heterocycles. The molecule has 0 atom stereocenters. The Labute approximate surface area is 94.4 Å². The molecule has 0 aliphatic heterocycles. The van der Waals surface area contributed by atoms with Crippen LogP contribution in [-0.2, 0) is 4.74 Å². The number of nitrogens with one attached hydrogen (secondary N) is 2. The highest BCUT2D eigenvalue weighted by molar-refractivity contribution is 5.20. The van der Waals surface area contributed by atoms with Crippen molar-refractivity contribution in [2.75, 3.05) is 18.5 Å². The van der Waals surface area contributed by atoms with Crippen molar-refractivity contribution in [2.45, 2.75) is 33.3 Å². The minimum Gasteiger partial charge on any atom is -0.379 e. The maximum atomic E-state index is 11.2. The number of rotatable bonds is 6. The molecular weight excluding hydrogens is 208 g/mol. The summed E-state index contributed by atoms with van der Waals surface area (Å²) in [5, 5.41) is 10.5. The van der Waals surface area contributed by atoms with E-state index >= 15 is 0 Å². The Kier molecular flexibility index (Phi) is 4.91. The van der Waals surface area contributed by atoms with Crippen LogP contribution in [0.3, 0.4) is 0 Å². The van der Waals surface area contributed by atoms with E-state index in [-0.39, 0.29) is 11.7 Å². The number of hydrogen-bond donors (Lipinski definition) is 2. The van der Waals surface area contributed by atoms with E-state index < -0.39 is 0 Å². The van der Waals surface area contributed by atoms with Gasteiger partial charge in [0.05, 0.1) is 6.10 Å². The number of nitrogens with zero attached hydrogens (tertiary/aromatic N) is 2. The van der Waals surface area contributed by atoms with Crippen LogP contribution < -0.4 is 10.9 Å². The summed E-state index contributed by atoms with van der Waals surface area (Å²) in [7, 11) is 0. The summed E-state index contributed by atoms with van der Waals surface area (Å²) in [6, 6.07) is 0. The van der Waals surface area contributed by atoms with E-state index in [0.717, 1.165) is 6.42 Å². The molecule has 1 heterocycles. The quantitative estimate of drug-likeness (QED) is 0.698. The van der Waals surface area contributed by atoms with Crippen molar-refractivity contribution in [2.24, 2.45) is 0 Å². The van der Waals surface area contributed by atoms with E-state index in [1.54, 1.807) is 6.92 Å². The SMILES string of the molecule is Cc1nnc(NCCCOC(C)C)[nH]c1=O. The molecule has 1 aromatic rings. The molecule has 0 fully saturated rings. The third-order valence-corrected chi connectivity index (χ3v) is 1.93. The lowest BCUT2D eigenvalue weighted by molar-refractivity contribution is 0.0787. The first-order chi connectivity index (χ1) is 7.59. The van der Waals surface area contributed by atoms with Crippen LogP contribution in [0.2, 0.25) is 0 Å². The summed E-state index contributed by atoms with van der Waals surface area (Å²) >= 11 is 0. The van der Waals surface area contributed by atoms with Gasteiger partial charge in [0.2, 0.25) is 5.95 Å². The van der Waals surface area contributed by atoms with Crippen molar-refractivity contribution < 1.29 is 4.74 Å². The van der Waals surface area contributed by atoms with Gasteiger partial charge in [-0.2, -0.15) is 0 Å². The van der Waals surface area contributed by atoms with Crippen molar-refractivity contribution >= 4 is 5.95 Å². The predicted molar refractivity (Wildman–Crippen MR) is 61.6 cm³/mol. The zero-order valence-electron chi connectivity index (χ0n) is 9.91. The monoisotopic (exact) mass is 226 g/mol. The fraction of sp³-hybridized carbons (Fsp3) is 0.700. The minimum atomic E-state index is -0.212. The molecule has 6 nitrogen and oxygen atoms in total. The zero-order valence-corrected chi connectivity index (χ0v) is 9.91.